The number of carbonyl (C=O) groups excluding carboxylic acids is 1. The van der Waals surface area contributed by atoms with Gasteiger partial charge in [0.15, 0.2) is 0 Å². The molecule has 0 saturated carbocycles. The van der Waals surface area contributed by atoms with E-state index < -0.39 is 0 Å². The van der Waals surface area contributed by atoms with Crippen molar-refractivity contribution in [3.05, 3.63) is 18.0 Å². The average molecular weight is 311 g/mol. The number of methoxy groups -OCH3 is 2. The summed E-state index contributed by atoms with van der Waals surface area (Å²) in [5.41, 5.74) is 1.12. The molecule has 0 radical (unpaired) electrons. The average Bonchev–Trinajstić information content (AvgIpc) is 3.06. The molecule has 1 aliphatic rings. The molecule has 7 nitrogen and oxygen atoms in total. The van der Waals surface area contributed by atoms with Gasteiger partial charge in [0.1, 0.15) is 12.2 Å². The molecule has 3 atom stereocenters. The Kier molecular flexibility index (Phi) is 6.35. The maximum absolute atomic E-state index is 12.4. The second kappa shape index (κ2) is 8.26. The highest BCUT2D eigenvalue weighted by molar-refractivity contribution is 5.76. The van der Waals surface area contributed by atoms with Crippen LogP contribution in [0.1, 0.15) is 18.4 Å². The summed E-state index contributed by atoms with van der Waals surface area (Å²) in [4.78, 5) is 14.1. The fraction of sp³-hybridized carbons (Fsp3) is 0.733. The fourth-order valence-electron chi connectivity index (χ4n) is 2.81. The Morgan fingerprint density at radius 1 is 1.45 bits per heavy atom. The number of nitrogens with one attached hydrogen (secondary N) is 1. The van der Waals surface area contributed by atoms with Crippen LogP contribution in [0.3, 0.4) is 0 Å². The van der Waals surface area contributed by atoms with Crippen LogP contribution in [0.5, 0.6) is 0 Å². The first-order valence-corrected chi connectivity index (χ1v) is 7.54. The van der Waals surface area contributed by atoms with Crippen molar-refractivity contribution in [1.82, 2.24) is 15.1 Å². The number of H-pyrrole nitrogens is 1. The molecule has 1 fully saturated rings. The SMILES string of the molecule is CO[C@H]1[C@H](N(C)C(=O)CCCc2cn[nH]c2)COC[C@H]1OC. The molecule has 1 saturated heterocycles. The lowest BCUT2D eigenvalue weighted by molar-refractivity contribution is -0.164. The Balaban J connectivity index is 1.85. The predicted molar refractivity (Wildman–Crippen MR) is 80.5 cm³/mol. The monoisotopic (exact) mass is 311 g/mol. The number of aromatic amines is 1. The van der Waals surface area contributed by atoms with E-state index in [1.54, 1.807) is 32.4 Å². The maximum atomic E-state index is 12.4. The molecule has 0 aliphatic carbocycles. The molecule has 124 valence electrons. The number of aromatic nitrogens is 2. The van der Waals surface area contributed by atoms with E-state index in [2.05, 4.69) is 10.2 Å². The molecule has 1 aliphatic heterocycles. The summed E-state index contributed by atoms with van der Waals surface area (Å²) in [6, 6.07) is -0.120. The predicted octanol–water partition coefficient (Wildman–Crippen LogP) is 0.620. The lowest BCUT2D eigenvalue weighted by Gasteiger charge is -2.40. The third-order valence-corrected chi connectivity index (χ3v) is 4.19. The highest BCUT2D eigenvalue weighted by Crippen LogP contribution is 2.19. The van der Waals surface area contributed by atoms with Crippen molar-refractivity contribution >= 4 is 5.91 Å². The van der Waals surface area contributed by atoms with Crippen LogP contribution in [0.15, 0.2) is 12.4 Å². The number of aryl methyl sites for hydroxylation is 1. The van der Waals surface area contributed by atoms with E-state index in [-0.39, 0.29) is 24.2 Å². The zero-order valence-electron chi connectivity index (χ0n) is 13.4. The minimum Gasteiger partial charge on any atom is -0.376 e. The molecule has 1 amide bonds. The van der Waals surface area contributed by atoms with Gasteiger partial charge in [0.2, 0.25) is 5.91 Å². The largest absolute Gasteiger partial charge is 0.376 e. The Labute approximate surface area is 130 Å². The molecule has 1 aromatic heterocycles. The molecule has 2 rings (SSSR count). The third kappa shape index (κ3) is 4.06. The summed E-state index contributed by atoms with van der Waals surface area (Å²) in [6.07, 6.45) is 5.45. The van der Waals surface area contributed by atoms with Gasteiger partial charge in [-0.05, 0) is 18.4 Å². The molecule has 22 heavy (non-hydrogen) atoms. The molecule has 0 spiro atoms. The number of carbonyl (C=O) groups is 1. The molecule has 0 bridgehead atoms. The van der Waals surface area contributed by atoms with Gasteiger partial charge < -0.3 is 19.1 Å². The molecule has 1 aromatic rings. The standard InChI is InChI=1S/C15H25N3O4/c1-18(12-9-22-10-13(20-2)15(12)21-3)14(19)6-4-5-11-7-16-17-8-11/h7-8,12-13,15H,4-6,9-10H2,1-3H3,(H,16,17)/t12-,13-,15+/m1/s1. The quantitative estimate of drug-likeness (QED) is 0.799. The topological polar surface area (TPSA) is 76.7 Å². The van der Waals surface area contributed by atoms with Gasteiger partial charge in [-0.3, -0.25) is 9.89 Å². The summed E-state index contributed by atoms with van der Waals surface area (Å²) >= 11 is 0. The number of hydrogen-bond acceptors (Lipinski definition) is 5. The van der Waals surface area contributed by atoms with E-state index in [4.69, 9.17) is 14.2 Å². The highest BCUT2D eigenvalue weighted by Gasteiger charge is 2.38. The van der Waals surface area contributed by atoms with Crippen LogP contribution in [0.25, 0.3) is 0 Å². The van der Waals surface area contributed by atoms with Gasteiger partial charge in [-0.25, -0.2) is 0 Å². The highest BCUT2D eigenvalue weighted by atomic mass is 16.6. The molecule has 0 aromatic carbocycles. The number of likely N-dealkylation sites (N-methyl/N-ethyl adjacent to an activating group) is 1. The summed E-state index contributed by atoms with van der Waals surface area (Å²) in [5.74, 6) is 0.0934. The summed E-state index contributed by atoms with van der Waals surface area (Å²) in [7, 11) is 5.08. The van der Waals surface area contributed by atoms with E-state index >= 15 is 0 Å². The van der Waals surface area contributed by atoms with Crippen molar-refractivity contribution in [3.63, 3.8) is 0 Å². The normalized spacial score (nSPS) is 25.1. The molecule has 1 N–H and O–H groups in total. The van der Waals surface area contributed by atoms with Crippen LogP contribution in [-0.4, -0.2) is 73.7 Å². The second-order valence-electron chi connectivity index (χ2n) is 5.54. The lowest BCUT2D eigenvalue weighted by atomic mass is 10.0. The van der Waals surface area contributed by atoms with Crippen LogP contribution >= 0.6 is 0 Å². The van der Waals surface area contributed by atoms with Gasteiger partial charge >= 0.3 is 0 Å². The van der Waals surface area contributed by atoms with Crippen molar-refractivity contribution in [2.45, 2.75) is 37.5 Å². The van der Waals surface area contributed by atoms with E-state index in [0.717, 1.165) is 18.4 Å². The van der Waals surface area contributed by atoms with Crippen LogP contribution in [0.4, 0.5) is 0 Å². The first-order valence-electron chi connectivity index (χ1n) is 7.54. The third-order valence-electron chi connectivity index (χ3n) is 4.19. The van der Waals surface area contributed by atoms with Crippen LogP contribution in [-0.2, 0) is 25.4 Å². The molecule has 2 heterocycles. The minimum atomic E-state index is -0.165. The Hall–Kier alpha value is -1.44. The van der Waals surface area contributed by atoms with Gasteiger partial charge in [-0.2, -0.15) is 5.10 Å². The zero-order chi connectivity index (χ0) is 15.9. The van der Waals surface area contributed by atoms with Crippen LogP contribution in [0, 0.1) is 0 Å². The van der Waals surface area contributed by atoms with Gasteiger partial charge in [-0.15, -0.1) is 0 Å². The van der Waals surface area contributed by atoms with E-state index in [1.165, 1.54) is 0 Å². The Morgan fingerprint density at radius 2 is 2.27 bits per heavy atom. The van der Waals surface area contributed by atoms with Crippen molar-refractivity contribution in [1.29, 1.82) is 0 Å². The van der Waals surface area contributed by atoms with Crippen molar-refractivity contribution in [2.75, 3.05) is 34.5 Å². The number of amides is 1. The first-order chi connectivity index (χ1) is 10.7. The van der Waals surface area contributed by atoms with Crippen LogP contribution in [0.2, 0.25) is 0 Å². The number of nitrogens with zero attached hydrogens (tertiary/aromatic N) is 2. The Morgan fingerprint density at radius 3 is 2.91 bits per heavy atom. The second-order valence-corrected chi connectivity index (χ2v) is 5.54. The molecule has 7 heteroatoms. The summed E-state index contributed by atoms with van der Waals surface area (Å²) in [5, 5.41) is 6.67. The lowest BCUT2D eigenvalue weighted by Crippen LogP contribution is -2.57. The number of rotatable bonds is 7. The van der Waals surface area contributed by atoms with Crippen molar-refractivity contribution in [2.24, 2.45) is 0 Å². The zero-order valence-corrected chi connectivity index (χ0v) is 13.4. The van der Waals surface area contributed by atoms with Gasteiger partial charge in [-0.1, -0.05) is 0 Å². The van der Waals surface area contributed by atoms with E-state index in [1.807, 2.05) is 6.20 Å². The fourth-order valence-corrected chi connectivity index (χ4v) is 2.81. The summed E-state index contributed by atoms with van der Waals surface area (Å²) in [6.45, 7) is 0.969. The van der Waals surface area contributed by atoms with Gasteiger partial charge in [0.05, 0.1) is 25.5 Å². The van der Waals surface area contributed by atoms with Crippen molar-refractivity contribution < 1.29 is 19.0 Å². The maximum Gasteiger partial charge on any atom is 0.222 e. The van der Waals surface area contributed by atoms with Gasteiger partial charge in [0, 0.05) is 33.9 Å². The van der Waals surface area contributed by atoms with E-state index in [0.29, 0.717) is 19.6 Å². The summed E-state index contributed by atoms with van der Waals surface area (Å²) < 4.78 is 16.5. The van der Waals surface area contributed by atoms with E-state index in [9.17, 15) is 4.79 Å². The minimum absolute atomic E-state index is 0.0934. The smallest absolute Gasteiger partial charge is 0.222 e. The molecule has 0 unspecified atom stereocenters. The van der Waals surface area contributed by atoms with Crippen LogP contribution < -0.4 is 0 Å². The molecular weight excluding hydrogens is 286 g/mol. The van der Waals surface area contributed by atoms with Crippen molar-refractivity contribution in [3.8, 4) is 0 Å². The number of ether oxygens (including phenoxy) is 3. The Bertz CT molecular complexity index is 452. The first kappa shape index (κ1) is 16.9. The number of hydrogen-bond donors (Lipinski definition) is 1. The molecular formula is C15H25N3O4. The van der Waals surface area contributed by atoms with Gasteiger partial charge in [0.25, 0.3) is 0 Å².